The zero-order valence-electron chi connectivity index (χ0n) is 14.9. The van der Waals surface area contributed by atoms with Gasteiger partial charge < -0.3 is 10.2 Å². The topological polar surface area (TPSA) is 64.8 Å². The van der Waals surface area contributed by atoms with Gasteiger partial charge in [-0.2, -0.15) is 10.2 Å². The Morgan fingerprint density at radius 3 is 2.50 bits per heavy atom. The Balaban J connectivity index is 1.86. The lowest BCUT2D eigenvalue weighted by Gasteiger charge is -2.28. The third-order valence-electron chi connectivity index (χ3n) is 4.05. The Labute approximate surface area is 154 Å². The van der Waals surface area contributed by atoms with Crippen LogP contribution in [0.2, 0.25) is 0 Å². The van der Waals surface area contributed by atoms with Crippen molar-refractivity contribution in [1.82, 2.24) is 9.97 Å². The predicted octanol–water partition coefficient (Wildman–Crippen LogP) is 4.51. The van der Waals surface area contributed by atoms with Crippen LogP contribution in [0.25, 0.3) is 0 Å². The number of anilines is 3. The first-order chi connectivity index (χ1) is 12.7. The molecular weight excluding hydrogens is 322 g/mol. The molecule has 2 aromatic carbocycles. The number of nitriles is 1. The molecule has 5 heteroatoms. The average molecular weight is 343 g/mol. The summed E-state index contributed by atoms with van der Waals surface area (Å²) < 4.78 is 0. The fourth-order valence-corrected chi connectivity index (χ4v) is 2.69. The molecule has 1 heterocycles. The summed E-state index contributed by atoms with van der Waals surface area (Å²) in [5.41, 5.74) is 2.49. The molecule has 0 saturated heterocycles. The van der Waals surface area contributed by atoms with Crippen molar-refractivity contribution >= 4 is 17.5 Å². The molecule has 0 amide bonds. The minimum absolute atomic E-state index is 0.282. The Hall–Kier alpha value is -3.39. The summed E-state index contributed by atoms with van der Waals surface area (Å²) in [5.74, 6) is 1.32. The highest BCUT2D eigenvalue weighted by Crippen LogP contribution is 2.22. The maximum Gasteiger partial charge on any atom is 0.229 e. The summed E-state index contributed by atoms with van der Waals surface area (Å²) in [6, 6.07) is 22.0. The van der Waals surface area contributed by atoms with E-state index in [1.807, 2.05) is 42.5 Å². The molecule has 0 fully saturated rings. The average Bonchev–Trinajstić information content (AvgIpc) is 2.67. The number of rotatable bonds is 6. The van der Waals surface area contributed by atoms with Crippen molar-refractivity contribution in [1.29, 1.82) is 5.26 Å². The normalized spacial score (nSPS) is 10.4. The second kappa shape index (κ2) is 8.13. The number of benzene rings is 2. The molecule has 26 heavy (non-hydrogen) atoms. The zero-order valence-corrected chi connectivity index (χ0v) is 14.9. The second-order valence-corrected chi connectivity index (χ2v) is 6.23. The van der Waals surface area contributed by atoms with Gasteiger partial charge in [-0.3, -0.25) is 0 Å². The number of hydrogen-bond acceptors (Lipinski definition) is 5. The first kappa shape index (κ1) is 17.4. The molecule has 0 spiro atoms. The standard InChI is InChI=1S/C21H21N5/c1-16(2)26(15-17-8-4-3-5-9-17)20-12-13-23-21(25-20)24-19-11-7-6-10-18(19)14-22/h3-13,16H,15H2,1-2H3,(H,23,24,25). The molecule has 0 atom stereocenters. The van der Waals surface area contributed by atoms with Crippen LogP contribution >= 0.6 is 0 Å². The smallest absolute Gasteiger partial charge is 0.229 e. The molecule has 0 aliphatic heterocycles. The fourth-order valence-electron chi connectivity index (χ4n) is 2.69. The van der Waals surface area contributed by atoms with Crippen LogP contribution in [0.3, 0.4) is 0 Å². The van der Waals surface area contributed by atoms with Gasteiger partial charge in [-0.1, -0.05) is 42.5 Å². The summed E-state index contributed by atoms with van der Waals surface area (Å²) in [4.78, 5) is 11.2. The summed E-state index contributed by atoms with van der Waals surface area (Å²) in [5, 5.41) is 12.4. The van der Waals surface area contributed by atoms with Crippen LogP contribution in [0.1, 0.15) is 25.0 Å². The maximum atomic E-state index is 9.24. The molecule has 5 nitrogen and oxygen atoms in total. The van der Waals surface area contributed by atoms with E-state index in [1.165, 1.54) is 5.56 Å². The highest BCUT2D eigenvalue weighted by molar-refractivity contribution is 5.63. The van der Waals surface area contributed by atoms with Gasteiger partial charge in [0.05, 0.1) is 11.3 Å². The Morgan fingerprint density at radius 1 is 1.04 bits per heavy atom. The molecule has 130 valence electrons. The second-order valence-electron chi connectivity index (χ2n) is 6.23. The van der Waals surface area contributed by atoms with Gasteiger partial charge in [-0.15, -0.1) is 0 Å². The lowest BCUT2D eigenvalue weighted by atomic mass is 10.2. The van der Waals surface area contributed by atoms with Crippen LogP contribution < -0.4 is 10.2 Å². The molecule has 1 aromatic heterocycles. The van der Waals surface area contributed by atoms with Gasteiger partial charge >= 0.3 is 0 Å². The van der Waals surface area contributed by atoms with Gasteiger partial charge in [0.1, 0.15) is 11.9 Å². The van der Waals surface area contributed by atoms with Gasteiger partial charge in [0.25, 0.3) is 0 Å². The van der Waals surface area contributed by atoms with E-state index in [1.54, 1.807) is 12.3 Å². The Bertz CT molecular complexity index is 900. The summed E-state index contributed by atoms with van der Waals surface area (Å²) >= 11 is 0. The quantitative estimate of drug-likeness (QED) is 0.713. The van der Waals surface area contributed by atoms with Gasteiger partial charge in [0.2, 0.25) is 5.95 Å². The summed E-state index contributed by atoms with van der Waals surface area (Å²) in [7, 11) is 0. The van der Waals surface area contributed by atoms with E-state index < -0.39 is 0 Å². The minimum Gasteiger partial charge on any atom is -0.350 e. The molecule has 0 radical (unpaired) electrons. The number of hydrogen-bond donors (Lipinski definition) is 1. The highest BCUT2D eigenvalue weighted by Gasteiger charge is 2.14. The van der Waals surface area contributed by atoms with Gasteiger partial charge in [-0.25, -0.2) is 4.98 Å². The van der Waals surface area contributed by atoms with E-state index in [9.17, 15) is 5.26 Å². The van der Waals surface area contributed by atoms with Crippen LogP contribution in [0.4, 0.5) is 17.5 Å². The summed E-state index contributed by atoms with van der Waals surface area (Å²) in [6.07, 6.45) is 1.74. The highest BCUT2D eigenvalue weighted by atomic mass is 15.2. The van der Waals surface area contributed by atoms with Crippen molar-refractivity contribution in [2.24, 2.45) is 0 Å². The first-order valence-electron chi connectivity index (χ1n) is 8.57. The minimum atomic E-state index is 0.282. The van der Waals surface area contributed by atoms with Crippen molar-refractivity contribution in [2.75, 3.05) is 10.2 Å². The van der Waals surface area contributed by atoms with Crippen LogP contribution in [-0.4, -0.2) is 16.0 Å². The van der Waals surface area contributed by atoms with E-state index in [4.69, 9.17) is 0 Å². The predicted molar refractivity (Wildman–Crippen MR) is 104 cm³/mol. The maximum absolute atomic E-state index is 9.24. The van der Waals surface area contributed by atoms with E-state index >= 15 is 0 Å². The van der Waals surface area contributed by atoms with Crippen LogP contribution in [0.5, 0.6) is 0 Å². The van der Waals surface area contributed by atoms with Crippen LogP contribution in [-0.2, 0) is 6.54 Å². The number of nitrogens with zero attached hydrogens (tertiary/aromatic N) is 4. The molecule has 3 aromatic rings. The van der Waals surface area contributed by atoms with Crippen molar-refractivity contribution in [3.63, 3.8) is 0 Å². The summed E-state index contributed by atoms with van der Waals surface area (Å²) in [6.45, 7) is 5.05. The zero-order chi connectivity index (χ0) is 18.4. The molecular formula is C21H21N5. The molecule has 0 bridgehead atoms. The van der Waals surface area contributed by atoms with Gasteiger partial charge in [0.15, 0.2) is 0 Å². The van der Waals surface area contributed by atoms with Crippen molar-refractivity contribution in [3.05, 3.63) is 78.0 Å². The van der Waals surface area contributed by atoms with E-state index in [-0.39, 0.29) is 6.04 Å². The van der Waals surface area contributed by atoms with Crippen LogP contribution in [0, 0.1) is 11.3 Å². The molecule has 0 unspecified atom stereocenters. The molecule has 0 saturated carbocycles. The van der Waals surface area contributed by atoms with E-state index in [2.05, 4.69) is 52.2 Å². The molecule has 0 aliphatic rings. The SMILES string of the molecule is CC(C)N(Cc1ccccc1)c1ccnc(Nc2ccccc2C#N)n1. The molecule has 3 rings (SSSR count). The number of para-hydroxylation sites is 1. The third-order valence-corrected chi connectivity index (χ3v) is 4.05. The van der Waals surface area contributed by atoms with Crippen molar-refractivity contribution in [2.45, 2.75) is 26.4 Å². The fraction of sp³-hybridized carbons (Fsp3) is 0.190. The Morgan fingerprint density at radius 2 is 1.77 bits per heavy atom. The molecule has 1 N–H and O–H groups in total. The number of nitrogens with one attached hydrogen (secondary N) is 1. The Kier molecular flexibility index (Phi) is 5.45. The lowest BCUT2D eigenvalue weighted by Crippen LogP contribution is -2.31. The lowest BCUT2D eigenvalue weighted by molar-refractivity contribution is 0.672. The van der Waals surface area contributed by atoms with Gasteiger partial charge in [0, 0.05) is 18.8 Å². The van der Waals surface area contributed by atoms with Crippen molar-refractivity contribution in [3.8, 4) is 6.07 Å². The third kappa shape index (κ3) is 4.17. The molecule has 0 aliphatic carbocycles. The van der Waals surface area contributed by atoms with E-state index in [0.29, 0.717) is 17.2 Å². The first-order valence-corrected chi connectivity index (χ1v) is 8.57. The largest absolute Gasteiger partial charge is 0.350 e. The monoisotopic (exact) mass is 343 g/mol. The van der Waals surface area contributed by atoms with Crippen LogP contribution in [0.15, 0.2) is 66.9 Å². The van der Waals surface area contributed by atoms with Crippen molar-refractivity contribution < 1.29 is 0 Å². The van der Waals surface area contributed by atoms with Gasteiger partial charge in [-0.05, 0) is 37.6 Å². The number of aromatic nitrogens is 2. The van der Waals surface area contributed by atoms with E-state index in [0.717, 1.165) is 12.4 Å².